The van der Waals surface area contributed by atoms with Crippen molar-refractivity contribution in [3.05, 3.63) is 45.0 Å². The molecule has 3 heterocycles. The average molecular weight is 406 g/mol. The van der Waals surface area contributed by atoms with Gasteiger partial charge in [0.25, 0.3) is 5.91 Å². The summed E-state index contributed by atoms with van der Waals surface area (Å²) in [5, 5.41) is 5.08. The van der Waals surface area contributed by atoms with E-state index >= 15 is 0 Å². The number of hydrogen-bond acceptors (Lipinski definition) is 4. The zero-order chi connectivity index (χ0) is 14.7. The standard InChI is InChI=1S/C15H17BrN2O2S.ClH/c16-14-6-5-12(20-14)15(19)17-10-11(13-4-3-9-21-13)18-7-1-2-8-18;/h3-6,9,11H,1-2,7-8,10H2,(H,17,19);1H. The molecule has 2 aromatic heterocycles. The van der Waals surface area contributed by atoms with E-state index in [-0.39, 0.29) is 24.4 Å². The van der Waals surface area contributed by atoms with Crippen molar-refractivity contribution < 1.29 is 9.21 Å². The molecule has 0 aromatic carbocycles. The van der Waals surface area contributed by atoms with E-state index in [4.69, 9.17) is 4.42 Å². The second kappa shape index (κ2) is 8.15. The molecule has 2 aromatic rings. The molecular weight excluding hydrogens is 388 g/mol. The van der Waals surface area contributed by atoms with Crippen LogP contribution in [0.15, 0.2) is 38.7 Å². The summed E-state index contributed by atoms with van der Waals surface area (Å²) in [5.41, 5.74) is 0. The minimum atomic E-state index is -0.165. The van der Waals surface area contributed by atoms with Crippen LogP contribution in [-0.2, 0) is 0 Å². The first-order valence-corrected chi connectivity index (χ1v) is 8.72. The fourth-order valence-electron chi connectivity index (χ4n) is 2.66. The first kappa shape index (κ1) is 17.5. The van der Waals surface area contributed by atoms with Gasteiger partial charge in [-0.1, -0.05) is 6.07 Å². The Bertz CT molecular complexity index is 596. The minimum Gasteiger partial charge on any atom is -0.444 e. The molecule has 0 saturated carbocycles. The number of hydrogen-bond donors (Lipinski definition) is 1. The highest BCUT2D eigenvalue weighted by Crippen LogP contribution is 2.28. The molecule has 3 rings (SSSR count). The van der Waals surface area contributed by atoms with Crippen LogP contribution in [0.4, 0.5) is 0 Å². The molecule has 1 saturated heterocycles. The van der Waals surface area contributed by atoms with Crippen LogP contribution in [0.2, 0.25) is 0 Å². The number of furan rings is 1. The molecule has 120 valence electrons. The van der Waals surface area contributed by atoms with E-state index in [1.807, 2.05) is 0 Å². The van der Waals surface area contributed by atoms with Crippen LogP contribution < -0.4 is 5.32 Å². The molecule has 1 amide bonds. The summed E-state index contributed by atoms with van der Waals surface area (Å²) in [7, 11) is 0. The van der Waals surface area contributed by atoms with E-state index in [0.29, 0.717) is 17.0 Å². The molecule has 1 aliphatic heterocycles. The highest BCUT2D eigenvalue weighted by atomic mass is 79.9. The lowest BCUT2D eigenvalue weighted by atomic mass is 10.2. The summed E-state index contributed by atoms with van der Waals surface area (Å²) >= 11 is 4.96. The number of likely N-dealkylation sites (tertiary alicyclic amines) is 1. The number of carbonyl (C=O) groups is 1. The lowest BCUT2D eigenvalue weighted by Crippen LogP contribution is -2.36. The highest BCUT2D eigenvalue weighted by molar-refractivity contribution is 9.10. The van der Waals surface area contributed by atoms with Gasteiger partial charge in [-0.25, -0.2) is 0 Å². The van der Waals surface area contributed by atoms with Crippen molar-refractivity contribution in [3.8, 4) is 0 Å². The molecule has 0 radical (unpaired) electrons. The van der Waals surface area contributed by atoms with E-state index < -0.39 is 0 Å². The number of amides is 1. The summed E-state index contributed by atoms with van der Waals surface area (Å²) in [6.07, 6.45) is 2.47. The van der Waals surface area contributed by atoms with Gasteiger partial charge in [0.05, 0.1) is 6.04 Å². The van der Waals surface area contributed by atoms with Gasteiger partial charge in [0, 0.05) is 11.4 Å². The number of thiophene rings is 1. The van der Waals surface area contributed by atoms with Crippen molar-refractivity contribution in [2.24, 2.45) is 0 Å². The smallest absolute Gasteiger partial charge is 0.287 e. The van der Waals surface area contributed by atoms with Crippen LogP contribution in [0.3, 0.4) is 0 Å². The predicted molar refractivity (Wildman–Crippen MR) is 93.9 cm³/mol. The van der Waals surface area contributed by atoms with Crippen LogP contribution in [0.5, 0.6) is 0 Å². The second-order valence-electron chi connectivity index (χ2n) is 5.09. The third kappa shape index (κ3) is 4.13. The molecule has 1 unspecified atom stereocenters. The lowest BCUT2D eigenvalue weighted by molar-refractivity contribution is 0.0909. The minimum absolute atomic E-state index is 0. The largest absolute Gasteiger partial charge is 0.444 e. The fourth-order valence-corrected chi connectivity index (χ4v) is 3.82. The highest BCUT2D eigenvalue weighted by Gasteiger charge is 2.25. The Kier molecular flexibility index (Phi) is 6.50. The van der Waals surface area contributed by atoms with Crippen molar-refractivity contribution in [3.63, 3.8) is 0 Å². The molecule has 1 fully saturated rings. The van der Waals surface area contributed by atoms with Crippen molar-refractivity contribution in [2.75, 3.05) is 19.6 Å². The quantitative estimate of drug-likeness (QED) is 0.815. The van der Waals surface area contributed by atoms with Gasteiger partial charge in [0.15, 0.2) is 10.4 Å². The zero-order valence-electron chi connectivity index (χ0n) is 12.0. The normalized spacial score (nSPS) is 16.2. The third-order valence-electron chi connectivity index (χ3n) is 3.71. The van der Waals surface area contributed by atoms with Crippen LogP contribution >= 0.6 is 39.7 Å². The van der Waals surface area contributed by atoms with E-state index in [0.717, 1.165) is 13.1 Å². The van der Waals surface area contributed by atoms with Crippen molar-refractivity contribution in [1.29, 1.82) is 0 Å². The lowest BCUT2D eigenvalue weighted by Gasteiger charge is -2.26. The number of nitrogens with one attached hydrogen (secondary N) is 1. The Morgan fingerprint density at radius 2 is 2.14 bits per heavy atom. The van der Waals surface area contributed by atoms with Crippen LogP contribution in [0.1, 0.15) is 34.3 Å². The summed E-state index contributed by atoms with van der Waals surface area (Å²) in [4.78, 5) is 15.9. The van der Waals surface area contributed by atoms with E-state index in [1.165, 1.54) is 17.7 Å². The fraction of sp³-hybridized carbons (Fsp3) is 0.400. The van der Waals surface area contributed by atoms with Gasteiger partial charge in [-0.15, -0.1) is 23.7 Å². The Morgan fingerprint density at radius 3 is 2.73 bits per heavy atom. The molecule has 1 N–H and O–H groups in total. The molecule has 4 nitrogen and oxygen atoms in total. The van der Waals surface area contributed by atoms with Gasteiger partial charge in [-0.3, -0.25) is 9.69 Å². The number of rotatable bonds is 5. The van der Waals surface area contributed by atoms with Gasteiger partial charge in [-0.05, 0) is 65.4 Å². The molecule has 22 heavy (non-hydrogen) atoms. The van der Waals surface area contributed by atoms with Gasteiger partial charge in [0.2, 0.25) is 0 Å². The summed E-state index contributed by atoms with van der Waals surface area (Å²) in [5.74, 6) is 0.176. The van der Waals surface area contributed by atoms with Gasteiger partial charge in [0.1, 0.15) is 0 Å². The first-order chi connectivity index (χ1) is 10.2. The maximum atomic E-state index is 12.1. The predicted octanol–water partition coefficient (Wildman–Crippen LogP) is 4.09. The van der Waals surface area contributed by atoms with Gasteiger partial charge in [-0.2, -0.15) is 0 Å². The monoisotopic (exact) mass is 404 g/mol. The maximum absolute atomic E-state index is 12.1. The first-order valence-electron chi connectivity index (χ1n) is 7.05. The topological polar surface area (TPSA) is 45.5 Å². The molecule has 1 aliphatic rings. The molecule has 7 heteroatoms. The van der Waals surface area contributed by atoms with Crippen LogP contribution in [0, 0.1) is 0 Å². The van der Waals surface area contributed by atoms with Crippen LogP contribution in [0.25, 0.3) is 0 Å². The zero-order valence-corrected chi connectivity index (χ0v) is 15.2. The van der Waals surface area contributed by atoms with Crippen molar-refractivity contribution >= 4 is 45.6 Å². The molecule has 0 spiro atoms. The molecule has 0 aliphatic carbocycles. The average Bonchev–Trinajstić information content (AvgIpc) is 3.21. The molecule has 1 atom stereocenters. The summed E-state index contributed by atoms with van der Waals surface area (Å²) in [6.45, 7) is 2.81. The number of halogens is 2. The molecule has 0 bridgehead atoms. The second-order valence-corrected chi connectivity index (χ2v) is 6.85. The Morgan fingerprint density at radius 1 is 1.36 bits per heavy atom. The summed E-state index contributed by atoms with van der Waals surface area (Å²) in [6, 6.07) is 7.87. The van der Waals surface area contributed by atoms with Gasteiger partial charge >= 0.3 is 0 Å². The van der Waals surface area contributed by atoms with Crippen molar-refractivity contribution in [1.82, 2.24) is 10.2 Å². The van der Waals surface area contributed by atoms with E-state index in [2.05, 4.69) is 43.7 Å². The van der Waals surface area contributed by atoms with E-state index in [9.17, 15) is 4.79 Å². The third-order valence-corrected chi connectivity index (χ3v) is 5.11. The van der Waals surface area contributed by atoms with Gasteiger partial charge < -0.3 is 9.73 Å². The Balaban J connectivity index is 0.00000176. The van der Waals surface area contributed by atoms with E-state index in [1.54, 1.807) is 23.5 Å². The Labute approximate surface area is 148 Å². The van der Waals surface area contributed by atoms with Crippen molar-refractivity contribution in [2.45, 2.75) is 18.9 Å². The van der Waals surface area contributed by atoms with Crippen LogP contribution in [-0.4, -0.2) is 30.4 Å². The summed E-state index contributed by atoms with van der Waals surface area (Å²) < 4.78 is 5.86. The Hall–Kier alpha value is -0.820. The number of nitrogens with zero attached hydrogens (tertiary/aromatic N) is 1. The SMILES string of the molecule is Cl.O=C(NCC(c1cccs1)N1CCCC1)c1ccc(Br)o1. The molecular formula is C15H18BrClN2O2S. The maximum Gasteiger partial charge on any atom is 0.287 e. The number of carbonyl (C=O) groups excluding carboxylic acids is 1.